The van der Waals surface area contributed by atoms with Gasteiger partial charge < -0.3 is 10.6 Å². The number of amides is 1. The molecule has 2 N–H and O–H groups in total. The molecule has 0 spiro atoms. The minimum absolute atomic E-state index is 0.295. The molecule has 3 heteroatoms. The van der Waals surface area contributed by atoms with E-state index in [0.717, 1.165) is 11.3 Å². The summed E-state index contributed by atoms with van der Waals surface area (Å²) >= 11 is 0. The van der Waals surface area contributed by atoms with Crippen LogP contribution >= 0.6 is 0 Å². The Morgan fingerprint density at radius 2 is 2.15 bits per heavy atom. The Hall–Kier alpha value is -1.51. The number of rotatable bonds is 3. The summed E-state index contributed by atoms with van der Waals surface area (Å²) < 4.78 is 0. The molecule has 0 radical (unpaired) electrons. The lowest BCUT2D eigenvalue weighted by molar-refractivity contribution is -0.117. The van der Waals surface area contributed by atoms with Gasteiger partial charge in [-0.3, -0.25) is 4.79 Å². The predicted octanol–water partition coefficient (Wildman–Crippen LogP) is 0.780. The molecule has 0 aliphatic carbocycles. The molecule has 0 aliphatic rings. The fourth-order valence-corrected chi connectivity index (χ4v) is 1.15. The zero-order valence-electron chi connectivity index (χ0n) is 7.95. The summed E-state index contributed by atoms with van der Waals surface area (Å²) in [4.78, 5) is 12.6. The molecule has 1 rings (SSSR count). The van der Waals surface area contributed by atoms with Gasteiger partial charge in [0, 0.05) is 19.8 Å². The Labute approximate surface area is 78.2 Å². The molecule has 0 heterocycles. The lowest BCUT2D eigenvalue weighted by Crippen LogP contribution is -2.14. The van der Waals surface area contributed by atoms with Crippen molar-refractivity contribution in [2.75, 3.05) is 19.0 Å². The second-order valence-electron chi connectivity index (χ2n) is 3.21. The van der Waals surface area contributed by atoms with E-state index in [1.54, 1.807) is 0 Å². The molecule has 70 valence electrons. The number of carbonyl (C=O) groups is 1. The first-order valence-corrected chi connectivity index (χ1v) is 4.14. The number of benzene rings is 1. The van der Waals surface area contributed by atoms with Crippen LogP contribution in [0.5, 0.6) is 0 Å². The van der Waals surface area contributed by atoms with E-state index in [1.165, 1.54) is 0 Å². The summed E-state index contributed by atoms with van der Waals surface area (Å²) in [6, 6.07) is 7.78. The van der Waals surface area contributed by atoms with Crippen LogP contribution in [0.3, 0.4) is 0 Å². The average molecular weight is 178 g/mol. The maximum absolute atomic E-state index is 10.7. The van der Waals surface area contributed by atoms with Gasteiger partial charge in [0.2, 0.25) is 5.91 Å². The first-order chi connectivity index (χ1) is 6.09. The van der Waals surface area contributed by atoms with Crippen molar-refractivity contribution in [3.05, 3.63) is 29.8 Å². The number of hydrogen-bond donors (Lipinski definition) is 1. The molecule has 0 aromatic heterocycles. The Morgan fingerprint density at radius 3 is 2.69 bits per heavy atom. The average Bonchev–Trinajstić information content (AvgIpc) is 2.03. The van der Waals surface area contributed by atoms with E-state index in [2.05, 4.69) is 0 Å². The zero-order valence-corrected chi connectivity index (χ0v) is 7.95. The van der Waals surface area contributed by atoms with Crippen LogP contribution in [0.4, 0.5) is 5.69 Å². The van der Waals surface area contributed by atoms with E-state index >= 15 is 0 Å². The highest BCUT2D eigenvalue weighted by molar-refractivity contribution is 5.77. The van der Waals surface area contributed by atoms with Crippen molar-refractivity contribution in [3.63, 3.8) is 0 Å². The van der Waals surface area contributed by atoms with E-state index in [-0.39, 0.29) is 5.91 Å². The first-order valence-electron chi connectivity index (χ1n) is 4.14. The van der Waals surface area contributed by atoms with Crippen LogP contribution in [0.1, 0.15) is 5.56 Å². The number of carbonyl (C=O) groups excluding carboxylic acids is 1. The molecule has 0 bridgehead atoms. The topological polar surface area (TPSA) is 46.3 Å². The predicted molar refractivity (Wildman–Crippen MR) is 53.7 cm³/mol. The van der Waals surface area contributed by atoms with E-state index in [4.69, 9.17) is 5.73 Å². The van der Waals surface area contributed by atoms with Gasteiger partial charge in [0.15, 0.2) is 0 Å². The smallest absolute Gasteiger partial charge is 0.221 e. The van der Waals surface area contributed by atoms with E-state index in [0.29, 0.717) is 6.42 Å². The van der Waals surface area contributed by atoms with Crippen LogP contribution in [-0.4, -0.2) is 20.0 Å². The third-order valence-electron chi connectivity index (χ3n) is 1.81. The van der Waals surface area contributed by atoms with Gasteiger partial charge in [-0.1, -0.05) is 12.1 Å². The van der Waals surface area contributed by atoms with Crippen LogP contribution in [0.15, 0.2) is 24.3 Å². The highest BCUT2D eigenvalue weighted by atomic mass is 16.1. The Kier molecular flexibility index (Phi) is 2.90. The minimum Gasteiger partial charge on any atom is -0.378 e. The van der Waals surface area contributed by atoms with Crippen LogP contribution in [0.2, 0.25) is 0 Å². The SMILES string of the molecule is CN(C)c1cccc(CC(N)=O)c1. The Morgan fingerprint density at radius 1 is 1.46 bits per heavy atom. The summed E-state index contributed by atoms with van der Waals surface area (Å²) in [5, 5.41) is 0. The third-order valence-corrected chi connectivity index (χ3v) is 1.81. The summed E-state index contributed by atoms with van der Waals surface area (Å²) in [5.41, 5.74) is 7.14. The molecule has 1 aromatic carbocycles. The van der Waals surface area contributed by atoms with Crippen molar-refractivity contribution in [2.24, 2.45) is 5.73 Å². The van der Waals surface area contributed by atoms with Gasteiger partial charge >= 0.3 is 0 Å². The van der Waals surface area contributed by atoms with Gasteiger partial charge in [-0.2, -0.15) is 0 Å². The van der Waals surface area contributed by atoms with Crippen LogP contribution in [-0.2, 0) is 11.2 Å². The number of anilines is 1. The van der Waals surface area contributed by atoms with Crippen LogP contribution in [0, 0.1) is 0 Å². The molecular formula is C10H14N2O. The molecule has 0 saturated carbocycles. The van der Waals surface area contributed by atoms with Gasteiger partial charge in [0.05, 0.1) is 6.42 Å². The second-order valence-corrected chi connectivity index (χ2v) is 3.21. The third kappa shape index (κ3) is 2.78. The quantitative estimate of drug-likeness (QED) is 0.743. The fraction of sp³-hybridized carbons (Fsp3) is 0.300. The summed E-state index contributed by atoms with van der Waals surface area (Å²) in [5.74, 6) is -0.295. The summed E-state index contributed by atoms with van der Waals surface area (Å²) in [6.07, 6.45) is 0.307. The largest absolute Gasteiger partial charge is 0.378 e. The molecule has 0 fully saturated rings. The lowest BCUT2D eigenvalue weighted by atomic mass is 10.1. The van der Waals surface area contributed by atoms with Gasteiger partial charge in [-0.05, 0) is 17.7 Å². The van der Waals surface area contributed by atoms with Gasteiger partial charge in [-0.25, -0.2) is 0 Å². The number of nitrogens with zero attached hydrogens (tertiary/aromatic N) is 1. The summed E-state index contributed by atoms with van der Waals surface area (Å²) in [6.45, 7) is 0. The molecule has 3 nitrogen and oxygen atoms in total. The number of nitrogens with two attached hydrogens (primary N) is 1. The first kappa shape index (κ1) is 9.58. The number of hydrogen-bond acceptors (Lipinski definition) is 2. The van der Waals surface area contributed by atoms with Crippen molar-refractivity contribution in [1.82, 2.24) is 0 Å². The maximum atomic E-state index is 10.7. The molecular weight excluding hydrogens is 164 g/mol. The van der Waals surface area contributed by atoms with Crippen molar-refractivity contribution < 1.29 is 4.79 Å². The van der Waals surface area contributed by atoms with Crippen LogP contribution < -0.4 is 10.6 Å². The molecule has 0 saturated heterocycles. The van der Waals surface area contributed by atoms with Gasteiger partial charge in [0.25, 0.3) is 0 Å². The van der Waals surface area contributed by atoms with Crippen molar-refractivity contribution in [3.8, 4) is 0 Å². The Bertz CT molecular complexity index is 308. The van der Waals surface area contributed by atoms with Crippen molar-refractivity contribution in [1.29, 1.82) is 0 Å². The standard InChI is InChI=1S/C10H14N2O/c1-12(2)9-5-3-4-8(6-9)7-10(11)13/h3-6H,7H2,1-2H3,(H2,11,13). The van der Waals surface area contributed by atoms with Crippen molar-refractivity contribution in [2.45, 2.75) is 6.42 Å². The molecule has 1 aromatic rings. The van der Waals surface area contributed by atoms with E-state index in [9.17, 15) is 4.79 Å². The normalized spacial score (nSPS) is 9.69. The molecule has 0 aliphatic heterocycles. The Balaban J connectivity index is 2.85. The molecule has 0 unspecified atom stereocenters. The van der Waals surface area contributed by atoms with E-state index < -0.39 is 0 Å². The molecule has 13 heavy (non-hydrogen) atoms. The van der Waals surface area contributed by atoms with Crippen LogP contribution in [0.25, 0.3) is 0 Å². The zero-order chi connectivity index (χ0) is 9.84. The second kappa shape index (κ2) is 3.94. The summed E-state index contributed by atoms with van der Waals surface area (Å²) in [7, 11) is 3.92. The lowest BCUT2D eigenvalue weighted by Gasteiger charge is -2.12. The van der Waals surface area contributed by atoms with E-state index in [1.807, 2.05) is 43.3 Å². The maximum Gasteiger partial charge on any atom is 0.221 e. The number of primary amides is 1. The highest BCUT2D eigenvalue weighted by Gasteiger charge is 2.00. The van der Waals surface area contributed by atoms with Gasteiger partial charge in [0.1, 0.15) is 0 Å². The highest BCUT2D eigenvalue weighted by Crippen LogP contribution is 2.13. The van der Waals surface area contributed by atoms with Crippen molar-refractivity contribution >= 4 is 11.6 Å². The van der Waals surface area contributed by atoms with Gasteiger partial charge in [-0.15, -0.1) is 0 Å². The fourth-order valence-electron chi connectivity index (χ4n) is 1.15. The minimum atomic E-state index is -0.295. The molecule has 0 atom stereocenters. The molecule has 1 amide bonds. The monoisotopic (exact) mass is 178 g/mol.